The number of aliphatic hydroxyl groups excluding tert-OH is 1. The summed E-state index contributed by atoms with van der Waals surface area (Å²) in [5.74, 6) is -0.290. The van der Waals surface area contributed by atoms with Crippen LogP contribution in [0.1, 0.15) is 12.8 Å². The smallest absolute Gasteiger partial charge is 0.234 e. The Balaban J connectivity index is 1.62. The highest BCUT2D eigenvalue weighted by atomic mass is 16.3. The largest absolute Gasteiger partial charge is 0.390 e. The summed E-state index contributed by atoms with van der Waals surface area (Å²) in [6.45, 7) is 1.78. The predicted octanol–water partition coefficient (Wildman–Crippen LogP) is 2.11. The van der Waals surface area contributed by atoms with Gasteiger partial charge in [0.15, 0.2) is 0 Å². The molecule has 1 aliphatic rings. The lowest BCUT2D eigenvalue weighted by atomic mass is 10.2. The van der Waals surface area contributed by atoms with E-state index in [9.17, 15) is 9.90 Å². The molecule has 2 atom stereocenters. The molecule has 0 bridgehead atoms. The Bertz CT molecular complexity index is 864. The van der Waals surface area contributed by atoms with Crippen molar-refractivity contribution >= 4 is 27.7 Å². The number of para-hydroxylation sites is 2. The van der Waals surface area contributed by atoms with Gasteiger partial charge in [0.25, 0.3) is 0 Å². The summed E-state index contributed by atoms with van der Waals surface area (Å²) in [7, 11) is 0. The summed E-state index contributed by atoms with van der Waals surface area (Å²) in [4.78, 5) is 13.6. The van der Waals surface area contributed by atoms with E-state index in [1.54, 1.807) is 0 Å². The first-order valence-electron chi connectivity index (χ1n) is 8.82. The lowest BCUT2D eigenvalue weighted by Crippen LogP contribution is -2.44. The first kappa shape index (κ1) is 16.1. The highest BCUT2D eigenvalue weighted by Crippen LogP contribution is 2.29. The summed E-state index contributed by atoms with van der Waals surface area (Å²) in [6, 6.07) is 16.3. The molecule has 5 nitrogen and oxygen atoms in total. The zero-order chi connectivity index (χ0) is 17.4. The van der Waals surface area contributed by atoms with Crippen molar-refractivity contribution in [3.63, 3.8) is 0 Å². The minimum atomic E-state index is -0.556. The number of hydrogen-bond acceptors (Lipinski definition) is 3. The molecule has 1 amide bonds. The molecule has 3 N–H and O–H groups in total. The van der Waals surface area contributed by atoms with Crippen molar-refractivity contribution in [1.82, 2.24) is 9.47 Å². The van der Waals surface area contributed by atoms with Crippen LogP contribution in [-0.2, 0) is 11.3 Å². The number of nitrogens with two attached hydrogens (primary N) is 1. The molecule has 0 spiro atoms. The van der Waals surface area contributed by atoms with Gasteiger partial charge in [0.05, 0.1) is 18.7 Å². The van der Waals surface area contributed by atoms with Crippen molar-refractivity contribution in [2.75, 3.05) is 13.1 Å². The number of fused-ring (bicyclic) bond motifs is 3. The van der Waals surface area contributed by atoms with Crippen LogP contribution >= 0.6 is 0 Å². The van der Waals surface area contributed by atoms with E-state index < -0.39 is 6.10 Å². The van der Waals surface area contributed by atoms with Crippen LogP contribution in [0.3, 0.4) is 0 Å². The molecule has 2 heterocycles. The molecule has 4 rings (SSSR count). The molecule has 5 heteroatoms. The van der Waals surface area contributed by atoms with Crippen molar-refractivity contribution in [3.05, 3.63) is 48.5 Å². The predicted molar refractivity (Wildman–Crippen MR) is 99.2 cm³/mol. The summed E-state index contributed by atoms with van der Waals surface area (Å²) in [5.41, 5.74) is 7.72. The van der Waals surface area contributed by atoms with E-state index in [0.717, 1.165) is 30.4 Å². The number of carbonyl (C=O) groups is 1. The lowest BCUT2D eigenvalue weighted by molar-refractivity contribution is -0.122. The molecule has 1 fully saturated rings. The second-order valence-electron chi connectivity index (χ2n) is 6.85. The van der Waals surface area contributed by atoms with Gasteiger partial charge in [-0.1, -0.05) is 36.4 Å². The van der Waals surface area contributed by atoms with Gasteiger partial charge >= 0.3 is 0 Å². The van der Waals surface area contributed by atoms with E-state index in [0.29, 0.717) is 13.1 Å². The van der Waals surface area contributed by atoms with Gasteiger partial charge in [-0.3, -0.25) is 9.69 Å². The third-order valence-corrected chi connectivity index (χ3v) is 5.21. The minimum Gasteiger partial charge on any atom is -0.390 e. The molecule has 2 unspecified atom stereocenters. The Labute approximate surface area is 146 Å². The second-order valence-corrected chi connectivity index (χ2v) is 6.85. The van der Waals surface area contributed by atoms with E-state index >= 15 is 0 Å². The maximum absolute atomic E-state index is 11.6. The van der Waals surface area contributed by atoms with Crippen LogP contribution in [0.25, 0.3) is 21.8 Å². The van der Waals surface area contributed by atoms with Gasteiger partial charge in [-0.2, -0.15) is 0 Å². The van der Waals surface area contributed by atoms with Gasteiger partial charge < -0.3 is 15.4 Å². The number of likely N-dealkylation sites (tertiary alicyclic amines) is 1. The average Bonchev–Trinajstić information content (AvgIpc) is 3.19. The number of primary amides is 1. The zero-order valence-corrected chi connectivity index (χ0v) is 14.1. The van der Waals surface area contributed by atoms with Gasteiger partial charge in [-0.05, 0) is 31.5 Å². The molecule has 1 saturated heterocycles. The molecule has 25 heavy (non-hydrogen) atoms. The molecule has 1 aromatic heterocycles. The minimum absolute atomic E-state index is 0.243. The van der Waals surface area contributed by atoms with E-state index in [-0.39, 0.29) is 11.9 Å². The van der Waals surface area contributed by atoms with Crippen molar-refractivity contribution < 1.29 is 9.90 Å². The van der Waals surface area contributed by atoms with Crippen LogP contribution < -0.4 is 5.73 Å². The summed E-state index contributed by atoms with van der Waals surface area (Å²) >= 11 is 0. The molecular weight excluding hydrogens is 314 g/mol. The standard InChI is InChI=1S/C20H23N3O2/c21-20(25)19-10-5-11-22(19)12-14(24)13-23-17-8-3-1-6-15(17)16-7-2-4-9-18(16)23/h1-4,6-9,14,19,24H,5,10-13H2,(H2,21,25). The van der Waals surface area contributed by atoms with Gasteiger partial charge in [0.2, 0.25) is 5.91 Å². The number of β-amino-alcohol motifs (C(OH)–C–C–N with tert-alkyl or cyclic N) is 1. The first-order valence-corrected chi connectivity index (χ1v) is 8.82. The molecule has 130 valence electrons. The molecule has 1 aliphatic heterocycles. The van der Waals surface area contributed by atoms with Gasteiger partial charge in [-0.25, -0.2) is 0 Å². The number of rotatable bonds is 5. The average molecular weight is 337 g/mol. The van der Waals surface area contributed by atoms with E-state index in [1.807, 2.05) is 29.2 Å². The third-order valence-electron chi connectivity index (χ3n) is 5.21. The fourth-order valence-electron chi connectivity index (χ4n) is 4.11. The van der Waals surface area contributed by atoms with Crippen molar-refractivity contribution in [2.24, 2.45) is 5.73 Å². The fraction of sp³-hybridized carbons (Fsp3) is 0.350. The Hall–Kier alpha value is -2.37. The SMILES string of the molecule is NC(=O)C1CCCN1CC(O)Cn1c2ccccc2c2ccccc21. The van der Waals surface area contributed by atoms with Crippen LogP contribution in [0.15, 0.2) is 48.5 Å². The number of carbonyl (C=O) groups excluding carboxylic acids is 1. The zero-order valence-electron chi connectivity index (χ0n) is 14.1. The number of amides is 1. The Morgan fingerprint density at radius 1 is 1.08 bits per heavy atom. The molecule has 0 aliphatic carbocycles. The highest BCUT2D eigenvalue weighted by Gasteiger charge is 2.30. The van der Waals surface area contributed by atoms with Crippen LogP contribution in [0.4, 0.5) is 0 Å². The Kier molecular flexibility index (Phi) is 4.19. The van der Waals surface area contributed by atoms with Crippen LogP contribution in [0, 0.1) is 0 Å². The Morgan fingerprint density at radius 2 is 1.68 bits per heavy atom. The van der Waals surface area contributed by atoms with Crippen molar-refractivity contribution in [2.45, 2.75) is 31.5 Å². The molecule has 0 saturated carbocycles. The number of nitrogens with zero attached hydrogens (tertiary/aromatic N) is 2. The van der Waals surface area contributed by atoms with E-state index in [2.05, 4.69) is 28.8 Å². The maximum Gasteiger partial charge on any atom is 0.234 e. The van der Waals surface area contributed by atoms with Crippen LogP contribution in [0.5, 0.6) is 0 Å². The molecular formula is C20H23N3O2. The van der Waals surface area contributed by atoms with Gasteiger partial charge in [0.1, 0.15) is 0 Å². The monoisotopic (exact) mass is 337 g/mol. The summed E-state index contributed by atoms with van der Waals surface area (Å²) in [5, 5.41) is 13.1. The lowest BCUT2D eigenvalue weighted by Gasteiger charge is -2.25. The van der Waals surface area contributed by atoms with E-state index in [4.69, 9.17) is 5.73 Å². The van der Waals surface area contributed by atoms with Crippen molar-refractivity contribution in [1.29, 1.82) is 0 Å². The number of benzene rings is 2. The quantitative estimate of drug-likeness (QED) is 0.749. The normalized spacial score (nSPS) is 19.6. The van der Waals surface area contributed by atoms with Gasteiger partial charge in [0, 0.05) is 28.4 Å². The molecule has 3 aromatic rings. The first-order chi connectivity index (χ1) is 12.1. The fourth-order valence-corrected chi connectivity index (χ4v) is 4.11. The Morgan fingerprint density at radius 3 is 2.28 bits per heavy atom. The maximum atomic E-state index is 11.6. The van der Waals surface area contributed by atoms with Gasteiger partial charge in [-0.15, -0.1) is 0 Å². The summed E-state index contributed by atoms with van der Waals surface area (Å²) in [6.07, 6.45) is 1.19. The third kappa shape index (κ3) is 2.90. The number of hydrogen-bond donors (Lipinski definition) is 2. The van der Waals surface area contributed by atoms with Crippen molar-refractivity contribution in [3.8, 4) is 0 Å². The van der Waals surface area contributed by atoms with Crippen LogP contribution in [-0.4, -0.2) is 45.7 Å². The van der Waals surface area contributed by atoms with E-state index in [1.165, 1.54) is 10.8 Å². The number of aromatic nitrogens is 1. The van der Waals surface area contributed by atoms with Crippen LogP contribution in [0.2, 0.25) is 0 Å². The highest BCUT2D eigenvalue weighted by molar-refractivity contribution is 6.07. The number of aliphatic hydroxyl groups is 1. The molecule has 2 aromatic carbocycles. The molecule has 0 radical (unpaired) electrons. The topological polar surface area (TPSA) is 71.5 Å². The summed E-state index contributed by atoms with van der Waals surface area (Å²) < 4.78 is 2.17. The second kappa shape index (κ2) is 6.50.